The first kappa shape index (κ1) is 11.8. The van der Waals surface area contributed by atoms with Crippen molar-refractivity contribution in [1.29, 1.82) is 0 Å². The highest BCUT2D eigenvalue weighted by molar-refractivity contribution is 5.26. The van der Waals surface area contributed by atoms with Crippen LogP contribution in [0, 0.1) is 6.92 Å². The maximum Gasteiger partial charge on any atom is 0.273 e. The van der Waals surface area contributed by atoms with Crippen molar-refractivity contribution >= 4 is 0 Å². The number of hydrogen-bond acceptors (Lipinski definition) is 3. The third-order valence-electron chi connectivity index (χ3n) is 2.11. The lowest BCUT2D eigenvalue weighted by Crippen LogP contribution is -2.37. The number of ether oxygens (including phenoxy) is 1. The topological polar surface area (TPSA) is 44.1 Å². The average Bonchev–Trinajstić information content (AvgIpc) is 2.11. The summed E-state index contributed by atoms with van der Waals surface area (Å²) < 4.78 is 6.79. The van der Waals surface area contributed by atoms with Crippen LogP contribution in [0.5, 0.6) is 5.75 Å². The van der Waals surface area contributed by atoms with E-state index in [2.05, 4.69) is 5.10 Å². The highest BCUT2D eigenvalue weighted by Gasteiger charge is 2.18. The molecular formula is C11H18N2O2. The molecule has 0 aliphatic heterocycles. The highest BCUT2D eigenvalue weighted by Crippen LogP contribution is 2.14. The Morgan fingerprint density at radius 3 is 2.53 bits per heavy atom. The fourth-order valence-corrected chi connectivity index (χ4v) is 1.30. The number of rotatable bonds is 2. The molecular weight excluding hydrogens is 192 g/mol. The molecule has 0 unspecified atom stereocenters. The van der Waals surface area contributed by atoms with Gasteiger partial charge in [-0.25, -0.2) is 4.68 Å². The predicted octanol–water partition coefficient (Wildman–Crippen LogP) is 1.71. The molecule has 1 heterocycles. The standard InChI is InChI=1S/C11H18N2O2/c1-6-15-9-7-12-13(11(3,4)5)10(14)8(9)2/h7H,6H2,1-5H3. The van der Waals surface area contributed by atoms with Gasteiger partial charge in [-0.05, 0) is 34.6 Å². The molecule has 4 nitrogen and oxygen atoms in total. The predicted molar refractivity (Wildman–Crippen MR) is 59.4 cm³/mol. The summed E-state index contributed by atoms with van der Waals surface area (Å²) in [5.41, 5.74) is 0.224. The van der Waals surface area contributed by atoms with Gasteiger partial charge in [0.1, 0.15) is 5.75 Å². The van der Waals surface area contributed by atoms with Gasteiger partial charge in [-0.1, -0.05) is 0 Å². The Morgan fingerprint density at radius 2 is 2.07 bits per heavy atom. The number of aromatic nitrogens is 2. The highest BCUT2D eigenvalue weighted by atomic mass is 16.5. The van der Waals surface area contributed by atoms with Gasteiger partial charge in [0.2, 0.25) is 0 Å². The first-order valence-corrected chi connectivity index (χ1v) is 5.10. The maximum absolute atomic E-state index is 11.9. The van der Waals surface area contributed by atoms with Crippen LogP contribution < -0.4 is 10.3 Å². The molecule has 0 saturated carbocycles. The first-order valence-electron chi connectivity index (χ1n) is 5.10. The van der Waals surface area contributed by atoms with Gasteiger partial charge in [0.15, 0.2) is 0 Å². The number of nitrogens with zero attached hydrogens (tertiary/aromatic N) is 2. The van der Waals surface area contributed by atoms with E-state index in [4.69, 9.17) is 4.74 Å². The zero-order valence-electron chi connectivity index (χ0n) is 10.00. The second-order valence-corrected chi connectivity index (χ2v) is 4.45. The van der Waals surface area contributed by atoms with Crippen molar-refractivity contribution in [3.8, 4) is 5.75 Å². The molecule has 0 radical (unpaired) electrons. The number of hydrogen-bond donors (Lipinski definition) is 0. The third-order valence-corrected chi connectivity index (χ3v) is 2.11. The lowest BCUT2D eigenvalue weighted by Gasteiger charge is -2.21. The third kappa shape index (κ3) is 2.37. The van der Waals surface area contributed by atoms with Gasteiger partial charge >= 0.3 is 0 Å². The van der Waals surface area contributed by atoms with Crippen LogP contribution in [0.25, 0.3) is 0 Å². The molecule has 1 aromatic rings. The minimum Gasteiger partial charge on any atom is -0.492 e. The second kappa shape index (κ2) is 4.04. The van der Waals surface area contributed by atoms with Crippen LogP contribution in [0.15, 0.2) is 11.0 Å². The molecule has 0 spiro atoms. The summed E-state index contributed by atoms with van der Waals surface area (Å²) in [6.45, 7) is 10.0. The molecule has 0 saturated heterocycles. The van der Waals surface area contributed by atoms with Crippen molar-refractivity contribution in [2.24, 2.45) is 0 Å². The van der Waals surface area contributed by atoms with E-state index in [0.717, 1.165) is 0 Å². The zero-order valence-corrected chi connectivity index (χ0v) is 10.00. The molecule has 4 heteroatoms. The molecule has 0 N–H and O–H groups in total. The van der Waals surface area contributed by atoms with Crippen molar-refractivity contribution in [3.63, 3.8) is 0 Å². The largest absolute Gasteiger partial charge is 0.492 e. The van der Waals surface area contributed by atoms with E-state index in [1.54, 1.807) is 13.1 Å². The summed E-state index contributed by atoms with van der Waals surface area (Å²) in [6.07, 6.45) is 1.60. The molecule has 0 aliphatic carbocycles. The minimum atomic E-state index is -0.299. The summed E-state index contributed by atoms with van der Waals surface area (Å²) in [5.74, 6) is 0.572. The Morgan fingerprint density at radius 1 is 1.47 bits per heavy atom. The fourth-order valence-electron chi connectivity index (χ4n) is 1.30. The van der Waals surface area contributed by atoms with Crippen molar-refractivity contribution in [2.75, 3.05) is 6.61 Å². The Hall–Kier alpha value is -1.32. The zero-order chi connectivity index (χ0) is 11.6. The van der Waals surface area contributed by atoms with Crippen molar-refractivity contribution in [2.45, 2.75) is 40.2 Å². The van der Waals surface area contributed by atoms with Gasteiger partial charge in [0.05, 0.1) is 23.9 Å². The normalized spacial score (nSPS) is 11.5. The monoisotopic (exact) mass is 210 g/mol. The van der Waals surface area contributed by atoms with E-state index in [1.165, 1.54) is 4.68 Å². The lowest BCUT2D eigenvalue weighted by atomic mass is 10.1. The molecule has 84 valence electrons. The molecule has 0 atom stereocenters. The van der Waals surface area contributed by atoms with Crippen molar-refractivity contribution in [1.82, 2.24) is 9.78 Å². The van der Waals surface area contributed by atoms with E-state index < -0.39 is 0 Å². The van der Waals surface area contributed by atoms with Gasteiger partial charge in [0, 0.05) is 0 Å². The van der Waals surface area contributed by atoms with Gasteiger partial charge in [-0.3, -0.25) is 4.79 Å². The van der Waals surface area contributed by atoms with Crippen molar-refractivity contribution in [3.05, 3.63) is 22.1 Å². The van der Waals surface area contributed by atoms with Crippen LogP contribution in [-0.2, 0) is 5.54 Å². The second-order valence-electron chi connectivity index (χ2n) is 4.45. The SMILES string of the molecule is CCOc1cnn(C(C)(C)C)c(=O)c1C. The molecule has 0 aromatic carbocycles. The van der Waals surface area contributed by atoms with Crippen LogP contribution >= 0.6 is 0 Å². The van der Waals surface area contributed by atoms with E-state index in [0.29, 0.717) is 17.9 Å². The fraction of sp³-hybridized carbons (Fsp3) is 0.636. The smallest absolute Gasteiger partial charge is 0.273 e. The summed E-state index contributed by atoms with van der Waals surface area (Å²) in [4.78, 5) is 11.9. The lowest BCUT2D eigenvalue weighted by molar-refractivity contribution is 0.310. The molecule has 1 aromatic heterocycles. The molecule has 1 rings (SSSR count). The molecule has 0 aliphatic rings. The van der Waals surface area contributed by atoms with Crippen molar-refractivity contribution < 1.29 is 4.74 Å². The van der Waals surface area contributed by atoms with Gasteiger partial charge in [0.25, 0.3) is 5.56 Å². The van der Waals surface area contributed by atoms with Crippen LogP contribution in [0.1, 0.15) is 33.3 Å². The van der Waals surface area contributed by atoms with Crippen LogP contribution in [0.3, 0.4) is 0 Å². The van der Waals surface area contributed by atoms with E-state index in [-0.39, 0.29) is 11.1 Å². The average molecular weight is 210 g/mol. The van der Waals surface area contributed by atoms with Crippen LogP contribution in [0.2, 0.25) is 0 Å². The molecule has 0 bridgehead atoms. The Bertz CT molecular complexity index is 402. The summed E-state index contributed by atoms with van der Waals surface area (Å²) in [7, 11) is 0. The van der Waals surface area contributed by atoms with Crippen LogP contribution in [0.4, 0.5) is 0 Å². The Kier molecular flexibility index (Phi) is 3.17. The summed E-state index contributed by atoms with van der Waals surface area (Å²) in [5, 5.41) is 4.11. The van der Waals surface area contributed by atoms with E-state index >= 15 is 0 Å². The summed E-state index contributed by atoms with van der Waals surface area (Å²) in [6, 6.07) is 0. The molecule has 0 amide bonds. The van der Waals surface area contributed by atoms with E-state index in [9.17, 15) is 4.79 Å². The quantitative estimate of drug-likeness (QED) is 0.746. The Labute approximate surface area is 89.9 Å². The minimum absolute atomic E-state index is 0.0894. The van der Waals surface area contributed by atoms with Gasteiger partial charge in [-0.2, -0.15) is 5.10 Å². The maximum atomic E-state index is 11.9. The molecule has 0 fully saturated rings. The first-order chi connectivity index (χ1) is 6.88. The van der Waals surface area contributed by atoms with E-state index in [1.807, 2.05) is 27.7 Å². The summed E-state index contributed by atoms with van der Waals surface area (Å²) >= 11 is 0. The van der Waals surface area contributed by atoms with Gasteiger partial charge < -0.3 is 4.74 Å². The molecule has 15 heavy (non-hydrogen) atoms. The van der Waals surface area contributed by atoms with Crippen LogP contribution in [-0.4, -0.2) is 16.4 Å². The Balaban J connectivity index is 3.28. The van der Waals surface area contributed by atoms with Gasteiger partial charge in [-0.15, -0.1) is 0 Å².